The molecule has 1 rings (SSSR count). The van der Waals surface area contributed by atoms with Crippen LogP contribution in [0.2, 0.25) is 0 Å². The van der Waals surface area contributed by atoms with Crippen molar-refractivity contribution in [2.45, 2.75) is 65.5 Å². The highest BCUT2D eigenvalue weighted by Gasteiger charge is 2.28. The average molecular weight is 402 g/mol. The maximum absolute atomic E-state index is 11.0. The minimum atomic E-state index is -3.65. The molecule has 0 amide bonds. The van der Waals surface area contributed by atoms with Gasteiger partial charge in [0.15, 0.2) is 0 Å². The smallest absolute Gasteiger partial charge is 0.139 e. The highest BCUT2D eigenvalue weighted by atomic mass is 31.2. The Morgan fingerprint density at radius 3 is 1.69 bits per heavy atom. The van der Waals surface area contributed by atoms with Gasteiger partial charge in [-0.05, 0) is 24.8 Å². The molecule has 152 valence electrons. The van der Waals surface area contributed by atoms with Crippen LogP contribution < -0.4 is 4.89 Å². The molecular weight excluding hydrogens is 362 g/mol. The fourth-order valence-electron chi connectivity index (χ4n) is 2.83. The van der Waals surface area contributed by atoms with Crippen LogP contribution in [0.15, 0.2) is 30.3 Å². The van der Waals surface area contributed by atoms with Gasteiger partial charge in [0.1, 0.15) is 7.60 Å². The predicted octanol–water partition coefficient (Wildman–Crippen LogP) is 6.42. The molecule has 0 spiro atoms. The van der Waals surface area contributed by atoms with Gasteiger partial charge in [-0.2, -0.15) is 0 Å². The third kappa shape index (κ3) is 13.0. The largest absolute Gasteiger partial charge is 0.778 e. The van der Waals surface area contributed by atoms with Crippen LogP contribution in [0.4, 0.5) is 0 Å². The van der Waals surface area contributed by atoms with Gasteiger partial charge >= 0.3 is 0 Å². The summed E-state index contributed by atoms with van der Waals surface area (Å²) in [6.45, 7) is 9.59. The van der Waals surface area contributed by atoms with Crippen molar-refractivity contribution in [2.75, 3.05) is 32.3 Å². The van der Waals surface area contributed by atoms with Crippen LogP contribution in [0, 0.1) is 0 Å². The standard InChI is InChI=1S/C13H30P.C8H11O3P/c1-5-8-11-14(4,12-9-6-2)13-10-7-3;1-11-12(9,10)7-8-5-3-2-4-6-8/h5-13H2,1-4H3;2-6H,7H2,1H3,(H,9,10)/q+1;/p-1. The van der Waals surface area contributed by atoms with Crippen LogP contribution in [0.25, 0.3) is 0 Å². The molecule has 3 nitrogen and oxygen atoms in total. The van der Waals surface area contributed by atoms with Crippen molar-refractivity contribution >= 4 is 14.9 Å². The van der Waals surface area contributed by atoms with Crippen LogP contribution >= 0.6 is 14.9 Å². The van der Waals surface area contributed by atoms with Crippen molar-refractivity contribution < 1.29 is 14.0 Å². The molecule has 0 bridgehead atoms. The zero-order chi connectivity index (χ0) is 19.9. The molecule has 0 radical (unpaired) electrons. The average Bonchev–Trinajstić information content (AvgIpc) is 2.64. The van der Waals surface area contributed by atoms with Gasteiger partial charge in [-0.25, -0.2) is 0 Å². The second kappa shape index (κ2) is 14.8. The van der Waals surface area contributed by atoms with Crippen molar-refractivity contribution in [1.29, 1.82) is 0 Å². The summed E-state index contributed by atoms with van der Waals surface area (Å²) in [4.78, 5) is 11.0. The van der Waals surface area contributed by atoms with E-state index in [1.54, 1.807) is 42.8 Å². The topological polar surface area (TPSA) is 49.4 Å². The fraction of sp³-hybridized carbons (Fsp3) is 0.714. The zero-order valence-electron chi connectivity index (χ0n) is 17.6. The van der Waals surface area contributed by atoms with E-state index in [0.29, 0.717) is 0 Å². The van der Waals surface area contributed by atoms with Crippen molar-refractivity contribution in [3.8, 4) is 0 Å². The summed E-state index contributed by atoms with van der Waals surface area (Å²) >= 11 is 0. The Kier molecular flexibility index (Phi) is 14.7. The summed E-state index contributed by atoms with van der Waals surface area (Å²) in [5.41, 5.74) is 0.748. The molecule has 0 saturated heterocycles. The molecule has 1 aromatic carbocycles. The van der Waals surface area contributed by atoms with Crippen LogP contribution in [0.3, 0.4) is 0 Å². The first kappa shape index (κ1) is 25.8. The number of hydrogen-bond acceptors (Lipinski definition) is 3. The van der Waals surface area contributed by atoms with Gasteiger partial charge in [0.25, 0.3) is 0 Å². The Labute approximate surface area is 162 Å². The quantitative estimate of drug-likeness (QED) is 0.379. The van der Waals surface area contributed by atoms with E-state index >= 15 is 0 Å². The van der Waals surface area contributed by atoms with Gasteiger partial charge in [-0.1, -0.05) is 70.4 Å². The molecule has 26 heavy (non-hydrogen) atoms. The van der Waals surface area contributed by atoms with Crippen LogP contribution in [-0.4, -0.2) is 32.3 Å². The molecule has 0 aliphatic carbocycles. The SMILES string of the molecule is CCCC[P+](C)(CCCC)CCCC.COP(=O)([O-])Cc1ccccc1. The molecular formula is C21H40O3P2. The Morgan fingerprint density at radius 2 is 1.35 bits per heavy atom. The summed E-state index contributed by atoms with van der Waals surface area (Å²) in [7, 11) is -2.99. The zero-order valence-corrected chi connectivity index (χ0v) is 19.4. The molecule has 1 atom stereocenters. The molecule has 0 N–H and O–H groups in total. The molecule has 1 aromatic rings. The van der Waals surface area contributed by atoms with Gasteiger partial charge in [-0.3, -0.25) is 0 Å². The van der Waals surface area contributed by atoms with Crippen molar-refractivity contribution in [3.05, 3.63) is 35.9 Å². The lowest BCUT2D eigenvalue weighted by Crippen LogP contribution is -2.07. The number of hydrogen-bond donors (Lipinski definition) is 0. The van der Waals surface area contributed by atoms with Crippen LogP contribution in [-0.2, 0) is 15.3 Å². The van der Waals surface area contributed by atoms with Gasteiger partial charge in [-0.15, -0.1) is 0 Å². The third-order valence-corrected chi connectivity index (χ3v) is 10.1. The van der Waals surface area contributed by atoms with E-state index in [2.05, 4.69) is 32.0 Å². The Hall–Kier alpha value is -0.200. The molecule has 1 unspecified atom stereocenters. The first-order valence-electron chi connectivity index (χ1n) is 10.1. The van der Waals surface area contributed by atoms with E-state index in [4.69, 9.17) is 0 Å². The fourth-order valence-corrected chi connectivity index (χ4v) is 7.52. The second-order valence-corrected chi connectivity index (χ2v) is 13.8. The van der Waals surface area contributed by atoms with E-state index in [9.17, 15) is 9.46 Å². The van der Waals surface area contributed by atoms with E-state index < -0.39 is 14.9 Å². The van der Waals surface area contributed by atoms with Crippen molar-refractivity contribution in [2.24, 2.45) is 0 Å². The second-order valence-electron chi connectivity index (χ2n) is 7.29. The summed E-state index contributed by atoms with van der Waals surface area (Å²) < 4.78 is 15.3. The van der Waals surface area contributed by atoms with Gasteiger partial charge in [0.2, 0.25) is 0 Å². The predicted molar refractivity (Wildman–Crippen MR) is 117 cm³/mol. The molecule has 0 aromatic heterocycles. The van der Waals surface area contributed by atoms with Gasteiger partial charge in [0, 0.05) is 27.2 Å². The van der Waals surface area contributed by atoms with E-state index in [1.165, 1.54) is 45.6 Å². The molecule has 0 heterocycles. The lowest BCUT2D eigenvalue weighted by atomic mass is 10.2. The van der Waals surface area contributed by atoms with Crippen LogP contribution in [0.1, 0.15) is 64.9 Å². The van der Waals surface area contributed by atoms with Gasteiger partial charge < -0.3 is 14.0 Å². The number of benzene rings is 1. The van der Waals surface area contributed by atoms with E-state index in [1.807, 2.05) is 6.07 Å². The molecule has 0 saturated carbocycles. The monoisotopic (exact) mass is 402 g/mol. The number of unbranched alkanes of at least 4 members (excludes halogenated alkanes) is 3. The molecule has 5 heteroatoms. The Morgan fingerprint density at radius 1 is 0.923 bits per heavy atom. The summed E-state index contributed by atoms with van der Waals surface area (Å²) in [5, 5.41) is 0. The Balaban J connectivity index is 0.000000485. The maximum Gasteiger partial charge on any atom is 0.139 e. The van der Waals surface area contributed by atoms with Crippen LogP contribution in [0.5, 0.6) is 0 Å². The lowest BCUT2D eigenvalue weighted by molar-refractivity contribution is -0.196. The minimum Gasteiger partial charge on any atom is -0.778 e. The number of rotatable bonds is 12. The highest BCUT2D eigenvalue weighted by Crippen LogP contribution is 2.57. The first-order valence-corrected chi connectivity index (χ1v) is 14.6. The van der Waals surface area contributed by atoms with Crippen molar-refractivity contribution in [1.82, 2.24) is 0 Å². The molecule has 0 aliphatic rings. The Bertz CT molecular complexity index is 470. The maximum atomic E-state index is 11.0. The highest BCUT2D eigenvalue weighted by molar-refractivity contribution is 7.75. The summed E-state index contributed by atoms with van der Waals surface area (Å²) in [5.74, 6) is 0. The van der Waals surface area contributed by atoms with Gasteiger partial charge in [0.05, 0.1) is 18.5 Å². The first-order chi connectivity index (χ1) is 12.3. The minimum absolute atomic E-state index is 0.0374. The van der Waals surface area contributed by atoms with E-state index in [-0.39, 0.29) is 6.16 Å². The van der Waals surface area contributed by atoms with E-state index in [0.717, 1.165) is 5.56 Å². The molecule has 0 fully saturated rings. The lowest BCUT2D eigenvalue weighted by Gasteiger charge is -2.22. The summed E-state index contributed by atoms with van der Waals surface area (Å²) in [6.07, 6.45) is 13.2. The van der Waals surface area contributed by atoms with Crippen molar-refractivity contribution in [3.63, 3.8) is 0 Å². The molecule has 0 aliphatic heterocycles. The third-order valence-electron chi connectivity index (χ3n) is 4.65. The summed E-state index contributed by atoms with van der Waals surface area (Å²) in [6, 6.07) is 8.94. The normalized spacial score (nSPS) is 13.6.